The van der Waals surface area contributed by atoms with Crippen molar-refractivity contribution in [1.82, 2.24) is 0 Å². The number of aliphatic hydroxyl groups is 4. The highest BCUT2D eigenvalue weighted by Crippen LogP contribution is 2.74. The predicted octanol–water partition coefficient (Wildman–Crippen LogP) is 3.29. The fourth-order valence-electron chi connectivity index (χ4n) is 9.43. The van der Waals surface area contributed by atoms with Gasteiger partial charge in [0.05, 0.1) is 17.8 Å². The lowest BCUT2D eigenvalue weighted by Gasteiger charge is -2.65. The highest BCUT2D eigenvalue weighted by Gasteiger charge is 2.75. The Morgan fingerprint density at radius 2 is 1.65 bits per heavy atom. The summed E-state index contributed by atoms with van der Waals surface area (Å²) in [5.74, 6) is -2.50. The van der Waals surface area contributed by atoms with Crippen molar-refractivity contribution in [3.8, 4) is 0 Å². The van der Waals surface area contributed by atoms with Crippen molar-refractivity contribution in [3.05, 3.63) is 23.8 Å². The van der Waals surface area contributed by atoms with Crippen LogP contribution in [0.5, 0.6) is 0 Å². The normalized spacial score (nSPS) is 44.2. The van der Waals surface area contributed by atoms with Gasteiger partial charge < -0.3 is 25.2 Å². The fraction of sp³-hybridized carbons (Fsp3) is 0.781. The van der Waals surface area contributed by atoms with Crippen LogP contribution in [-0.2, 0) is 19.1 Å². The number of hydrogen-bond acceptors (Lipinski definition) is 8. The molecule has 0 heterocycles. The van der Waals surface area contributed by atoms with Gasteiger partial charge in [-0.2, -0.15) is 0 Å². The third-order valence-corrected chi connectivity index (χ3v) is 11.7. The van der Waals surface area contributed by atoms with Gasteiger partial charge in [0, 0.05) is 30.1 Å². The molecule has 0 bridgehead atoms. The summed E-state index contributed by atoms with van der Waals surface area (Å²) in [4.78, 5) is 40.2. The smallest absolute Gasteiger partial charge is 0.302 e. The molecule has 4 aliphatic rings. The Balaban J connectivity index is 1.85. The first kappa shape index (κ1) is 31.1. The quantitative estimate of drug-likeness (QED) is 0.228. The zero-order valence-corrected chi connectivity index (χ0v) is 25.4. The molecule has 0 radical (unpaired) electrons. The van der Waals surface area contributed by atoms with Crippen LogP contribution in [0.25, 0.3) is 0 Å². The van der Waals surface area contributed by atoms with E-state index in [9.17, 15) is 34.8 Å². The number of fused-ring (bicyclic) bond motifs is 5. The first-order valence-electron chi connectivity index (χ1n) is 14.5. The van der Waals surface area contributed by atoms with E-state index in [1.807, 2.05) is 27.7 Å². The van der Waals surface area contributed by atoms with Crippen molar-refractivity contribution < 1.29 is 39.5 Å². The first-order chi connectivity index (χ1) is 18.0. The van der Waals surface area contributed by atoms with E-state index in [2.05, 4.69) is 13.0 Å². The number of ether oxygens (including phenoxy) is 1. The van der Waals surface area contributed by atoms with Gasteiger partial charge in [-0.25, -0.2) is 0 Å². The van der Waals surface area contributed by atoms with Crippen molar-refractivity contribution in [1.29, 1.82) is 0 Å². The van der Waals surface area contributed by atoms with Crippen LogP contribution in [0.4, 0.5) is 0 Å². The van der Waals surface area contributed by atoms with E-state index >= 15 is 0 Å². The van der Waals surface area contributed by atoms with E-state index < -0.39 is 68.8 Å². The number of carbonyl (C=O) groups excluding carboxylic acids is 3. The van der Waals surface area contributed by atoms with Crippen LogP contribution in [0, 0.1) is 39.4 Å². The van der Waals surface area contributed by atoms with Crippen LogP contribution in [-0.4, -0.2) is 67.5 Å². The Bertz CT molecular complexity index is 1160. The maximum absolute atomic E-state index is 14.4. The predicted molar refractivity (Wildman–Crippen MR) is 149 cm³/mol. The van der Waals surface area contributed by atoms with Gasteiger partial charge in [0.1, 0.15) is 17.5 Å². The third kappa shape index (κ3) is 4.27. The molecule has 0 aromatic carbocycles. The number of carbonyl (C=O) groups is 3. The molecule has 4 N–H and O–H groups in total. The fourth-order valence-corrected chi connectivity index (χ4v) is 9.43. The van der Waals surface area contributed by atoms with Gasteiger partial charge >= 0.3 is 5.97 Å². The molecule has 224 valence electrons. The molecule has 0 spiro atoms. The number of rotatable bonds is 5. The highest BCUT2D eigenvalue weighted by atomic mass is 16.5. The number of ketones is 2. The van der Waals surface area contributed by atoms with Crippen molar-refractivity contribution in [2.45, 2.75) is 118 Å². The van der Waals surface area contributed by atoms with E-state index in [4.69, 9.17) is 4.74 Å². The van der Waals surface area contributed by atoms with Crippen LogP contribution in [0.3, 0.4) is 0 Å². The molecule has 0 aromatic heterocycles. The Labute approximate surface area is 237 Å². The van der Waals surface area contributed by atoms with Gasteiger partial charge in [-0.1, -0.05) is 52.3 Å². The molecule has 8 heteroatoms. The Morgan fingerprint density at radius 1 is 1.05 bits per heavy atom. The highest BCUT2D eigenvalue weighted by molar-refractivity contribution is 5.97. The summed E-state index contributed by atoms with van der Waals surface area (Å²) in [6.45, 7) is 15.6. The summed E-state index contributed by atoms with van der Waals surface area (Å²) >= 11 is 0. The SMILES string of the molecule is CC(=O)O[C@@H]1C[C@@]2(C)[C@@H]3CC=C4[C@@H](C[C@H](O)[C@@H](O)C4(C)C)[C@]3(C)C(=O)C[C@]2(C)[C@H]1C(C)(O)C(=O)/C=C/C(C)(C)O. The van der Waals surface area contributed by atoms with Gasteiger partial charge in [0.15, 0.2) is 5.78 Å². The molecular weight excluding hydrogens is 512 g/mol. The molecule has 10 atom stereocenters. The zero-order valence-electron chi connectivity index (χ0n) is 25.4. The minimum atomic E-state index is -1.98. The minimum Gasteiger partial charge on any atom is -0.462 e. The van der Waals surface area contributed by atoms with Crippen LogP contribution in [0.2, 0.25) is 0 Å². The van der Waals surface area contributed by atoms with Gasteiger partial charge in [-0.05, 0) is 68.8 Å². The Morgan fingerprint density at radius 3 is 2.20 bits per heavy atom. The molecule has 1 unspecified atom stereocenters. The number of hydrogen-bond donors (Lipinski definition) is 4. The molecular formula is C32H48O8. The summed E-state index contributed by atoms with van der Waals surface area (Å²) in [6.07, 6.45) is 3.18. The summed E-state index contributed by atoms with van der Waals surface area (Å²) in [7, 11) is 0. The van der Waals surface area contributed by atoms with Crippen molar-refractivity contribution in [2.75, 3.05) is 0 Å². The van der Waals surface area contributed by atoms with E-state index in [1.54, 1.807) is 0 Å². The molecule has 4 rings (SSSR count). The average molecular weight is 561 g/mol. The summed E-state index contributed by atoms with van der Waals surface area (Å²) in [5.41, 5.74) is -5.31. The first-order valence-corrected chi connectivity index (χ1v) is 14.5. The summed E-state index contributed by atoms with van der Waals surface area (Å²) in [5, 5.41) is 43.7. The number of aliphatic hydroxyl groups excluding tert-OH is 2. The molecule has 40 heavy (non-hydrogen) atoms. The van der Waals surface area contributed by atoms with Crippen molar-refractivity contribution in [2.24, 2.45) is 39.4 Å². The van der Waals surface area contributed by atoms with Crippen LogP contribution >= 0.6 is 0 Å². The van der Waals surface area contributed by atoms with Gasteiger partial charge in [-0.15, -0.1) is 0 Å². The maximum Gasteiger partial charge on any atom is 0.302 e. The summed E-state index contributed by atoms with van der Waals surface area (Å²) in [6, 6.07) is 0. The second-order valence-electron chi connectivity index (χ2n) is 15.0. The van der Waals surface area contributed by atoms with E-state index in [1.165, 1.54) is 39.8 Å². The Hall–Kier alpha value is -1.87. The van der Waals surface area contributed by atoms with Crippen LogP contribution in [0.1, 0.15) is 88.0 Å². The maximum atomic E-state index is 14.4. The molecule has 8 nitrogen and oxygen atoms in total. The molecule has 3 saturated carbocycles. The topological polar surface area (TPSA) is 141 Å². The molecule has 0 saturated heterocycles. The van der Waals surface area contributed by atoms with Crippen LogP contribution in [0.15, 0.2) is 23.8 Å². The molecule has 0 aliphatic heterocycles. The molecule has 0 aromatic rings. The van der Waals surface area contributed by atoms with E-state index in [0.717, 1.165) is 5.57 Å². The van der Waals surface area contributed by atoms with E-state index in [-0.39, 0.29) is 30.5 Å². The molecule has 0 amide bonds. The largest absolute Gasteiger partial charge is 0.462 e. The second-order valence-corrected chi connectivity index (χ2v) is 15.0. The third-order valence-electron chi connectivity index (χ3n) is 11.7. The van der Waals surface area contributed by atoms with Gasteiger partial charge in [-0.3, -0.25) is 14.4 Å². The van der Waals surface area contributed by atoms with Crippen LogP contribution < -0.4 is 0 Å². The summed E-state index contributed by atoms with van der Waals surface area (Å²) < 4.78 is 5.82. The number of esters is 1. The van der Waals surface area contributed by atoms with Gasteiger partial charge in [0.2, 0.25) is 0 Å². The second kappa shape index (κ2) is 9.32. The van der Waals surface area contributed by atoms with Crippen molar-refractivity contribution in [3.63, 3.8) is 0 Å². The monoisotopic (exact) mass is 560 g/mol. The van der Waals surface area contributed by atoms with E-state index in [0.29, 0.717) is 12.8 Å². The number of allylic oxidation sites excluding steroid dienone is 1. The lowest BCUT2D eigenvalue weighted by molar-refractivity contribution is -0.187. The lowest BCUT2D eigenvalue weighted by atomic mass is 9.38. The lowest BCUT2D eigenvalue weighted by Crippen LogP contribution is -2.65. The Kier molecular flexibility index (Phi) is 7.24. The van der Waals surface area contributed by atoms with Gasteiger partial charge in [0.25, 0.3) is 0 Å². The zero-order chi connectivity index (χ0) is 30.4. The van der Waals surface area contributed by atoms with Crippen molar-refractivity contribution >= 4 is 17.5 Å². The minimum absolute atomic E-state index is 0.00350. The average Bonchev–Trinajstić information content (AvgIpc) is 3.02. The molecule has 4 aliphatic carbocycles. The number of Topliss-reactive ketones (excluding diaryl/α,β-unsaturated/α-hetero) is 1. The standard InChI is InChI=1S/C32H48O8/c1-17(33)40-21-15-29(6)22-11-10-18-19(14-20(34)26(37)28(18,4)5)31(22,8)24(36)16-30(29,7)25(21)32(9,39)23(35)12-13-27(2,3)38/h10,12-13,19-22,25-26,34,37-39H,11,14-16H2,1-9H3/b13-12+/t19-,20+,21-,22+,25+,26-,29+,30-,31+,32?/m1/s1. The molecule has 3 fully saturated rings.